The molecule has 162 valence electrons. The Kier molecular flexibility index (Phi) is 5.67. The van der Waals surface area contributed by atoms with Gasteiger partial charge in [-0.25, -0.2) is 4.39 Å². The van der Waals surface area contributed by atoms with E-state index >= 15 is 0 Å². The van der Waals surface area contributed by atoms with E-state index in [9.17, 15) is 14.0 Å². The highest BCUT2D eigenvalue weighted by Crippen LogP contribution is 2.47. The third kappa shape index (κ3) is 3.65. The molecule has 1 aliphatic carbocycles. The molecule has 0 bridgehead atoms. The maximum Gasteiger partial charge on any atom is 0.232 e. The van der Waals surface area contributed by atoms with E-state index in [1.807, 2.05) is 0 Å². The number of methoxy groups -OCH3 is 3. The molecule has 0 saturated carbocycles. The van der Waals surface area contributed by atoms with Gasteiger partial charge in [0.15, 0.2) is 17.3 Å². The number of carbonyl (C=O) groups excluding carboxylic acids is 2. The first kappa shape index (κ1) is 20.9. The van der Waals surface area contributed by atoms with Gasteiger partial charge >= 0.3 is 0 Å². The molecule has 0 spiro atoms. The molecular formula is C24H24FNO5. The van der Waals surface area contributed by atoms with Crippen molar-refractivity contribution in [1.82, 2.24) is 0 Å². The fraction of sp³-hybridized carbons (Fsp3) is 0.333. The maximum atomic E-state index is 13.9. The van der Waals surface area contributed by atoms with Gasteiger partial charge in [-0.15, -0.1) is 0 Å². The second kappa shape index (κ2) is 8.41. The highest BCUT2D eigenvalue weighted by molar-refractivity contribution is 6.07. The monoisotopic (exact) mass is 425 g/mol. The van der Waals surface area contributed by atoms with Gasteiger partial charge in [0.2, 0.25) is 11.7 Å². The lowest BCUT2D eigenvalue weighted by Crippen LogP contribution is -2.40. The van der Waals surface area contributed by atoms with E-state index < -0.39 is 11.7 Å². The van der Waals surface area contributed by atoms with Crippen LogP contribution in [0.15, 0.2) is 47.7 Å². The Labute approximate surface area is 180 Å². The molecule has 1 aliphatic heterocycles. The number of amides is 1. The van der Waals surface area contributed by atoms with E-state index in [4.69, 9.17) is 14.2 Å². The van der Waals surface area contributed by atoms with Crippen LogP contribution in [0.4, 0.5) is 10.1 Å². The second-order valence-electron chi connectivity index (χ2n) is 7.56. The van der Waals surface area contributed by atoms with E-state index in [1.165, 1.54) is 38.4 Å². The molecule has 1 amide bonds. The average molecular weight is 425 g/mol. The van der Waals surface area contributed by atoms with Crippen LogP contribution in [0.1, 0.15) is 37.2 Å². The molecule has 2 aromatic rings. The van der Waals surface area contributed by atoms with Crippen LogP contribution in [0.3, 0.4) is 0 Å². The van der Waals surface area contributed by atoms with Gasteiger partial charge < -0.3 is 14.2 Å². The second-order valence-corrected chi connectivity index (χ2v) is 7.56. The number of hydrogen-bond acceptors (Lipinski definition) is 5. The molecule has 0 fully saturated rings. The molecule has 1 heterocycles. The highest BCUT2D eigenvalue weighted by atomic mass is 19.1. The summed E-state index contributed by atoms with van der Waals surface area (Å²) in [6, 6.07) is 9.46. The lowest BCUT2D eigenvalue weighted by atomic mass is 9.77. The first-order valence-corrected chi connectivity index (χ1v) is 10.1. The molecule has 0 aromatic heterocycles. The summed E-state index contributed by atoms with van der Waals surface area (Å²) < 4.78 is 30.2. The van der Waals surface area contributed by atoms with Crippen molar-refractivity contribution in [1.29, 1.82) is 0 Å². The molecule has 7 heteroatoms. The summed E-state index contributed by atoms with van der Waals surface area (Å²) in [5.41, 5.74) is 2.43. The molecule has 2 aliphatic rings. The van der Waals surface area contributed by atoms with Gasteiger partial charge in [-0.05, 0) is 48.7 Å². The Morgan fingerprint density at radius 3 is 2.29 bits per heavy atom. The van der Waals surface area contributed by atoms with Crippen LogP contribution in [0.2, 0.25) is 0 Å². The van der Waals surface area contributed by atoms with E-state index in [0.717, 1.165) is 5.56 Å². The maximum absolute atomic E-state index is 13.9. The number of nitrogens with zero attached hydrogens (tertiary/aromatic N) is 1. The largest absolute Gasteiger partial charge is 0.493 e. The zero-order valence-corrected chi connectivity index (χ0v) is 17.7. The number of rotatable bonds is 5. The molecule has 31 heavy (non-hydrogen) atoms. The van der Waals surface area contributed by atoms with Crippen LogP contribution in [-0.4, -0.2) is 33.0 Å². The molecule has 0 saturated heterocycles. The summed E-state index contributed by atoms with van der Waals surface area (Å²) in [5, 5.41) is 0. The van der Waals surface area contributed by atoms with Crippen molar-refractivity contribution in [2.45, 2.75) is 31.6 Å². The lowest BCUT2D eigenvalue weighted by Gasteiger charge is -2.38. The third-order valence-electron chi connectivity index (χ3n) is 5.83. The van der Waals surface area contributed by atoms with E-state index in [1.54, 1.807) is 24.3 Å². The smallest absolute Gasteiger partial charge is 0.232 e. The standard InChI is InChI=1S/C24H24FNO5/c1-29-20-10-14(11-21(30-2)24(20)31-3)17-13-22(28)26(16-7-4-6-15(25)12-16)18-8-5-9-19(27)23(17)18/h4,6-7,10-12,17H,5,8-9,13H2,1-3H3/t17-/m0/s1. The Morgan fingerprint density at radius 2 is 1.68 bits per heavy atom. The fourth-order valence-electron chi connectivity index (χ4n) is 4.49. The Hall–Kier alpha value is -3.35. The lowest BCUT2D eigenvalue weighted by molar-refractivity contribution is -0.119. The van der Waals surface area contributed by atoms with Gasteiger partial charge in [-0.3, -0.25) is 14.5 Å². The minimum Gasteiger partial charge on any atom is -0.493 e. The van der Waals surface area contributed by atoms with Crippen molar-refractivity contribution in [2.24, 2.45) is 0 Å². The summed E-state index contributed by atoms with van der Waals surface area (Å²) in [7, 11) is 4.57. The molecule has 0 N–H and O–H groups in total. The van der Waals surface area contributed by atoms with Gasteiger partial charge in [-0.2, -0.15) is 0 Å². The first-order chi connectivity index (χ1) is 15.0. The minimum absolute atomic E-state index is 0.00825. The molecule has 0 unspecified atom stereocenters. The summed E-state index contributed by atoms with van der Waals surface area (Å²) >= 11 is 0. The quantitative estimate of drug-likeness (QED) is 0.711. The molecule has 2 aromatic carbocycles. The van der Waals surface area contributed by atoms with Gasteiger partial charge in [0.05, 0.1) is 27.0 Å². The van der Waals surface area contributed by atoms with Crippen LogP contribution < -0.4 is 19.1 Å². The number of allylic oxidation sites excluding steroid dienone is 2. The molecule has 0 radical (unpaired) electrons. The Bertz CT molecular complexity index is 1050. The predicted octanol–water partition coefficient (Wildman–Crippen LogP) is 4.38. The van der Waals surface area contributed by atoms with Crippen molar-refractivity contribution >= 4 is 17.4 Å². The Morgan fingerprint density at radius 1 is 0.968 bits per heavy atom. The zero-order valence-electron chi connectivity index (χ0n) is 17.7. The number of hydrogen-bond donors (Lipinski definition) is 0. The van der Waals surface area contributed by atoms with Crippen molar-refractivity contribution in [2.75, 3.05) is 26.2 Å². The highest BCUT2D eigenvalue weighted by Gasteiger charge is 2.40. The summed E-state index contributed by atoms with van der Waals surface area (Å²) in [6.45, 7) is 0. The summed E-state index contributed by atoms with van der Waals surface area (Å²) in [5.74, 6) is 0.327. The zero-order chi connectivity index (χ0) is 22.1. The number of Topliss-reactive ketones (excluding diaryl/α,β-unsaturated/α-hetero) is 1. The minimum atomic E-state index is -0.436. The van der Waals surface area contributed by atoms with Crippen LogP contribution in [0.25, 0.3) is 0 Å². The molecular weight excluding hydrogens is 401 g/mol. The number of carbonyl (C=O) groups is 2. The van der Waals surface area contributed by atoms with Crippen LogP contribution >= 0.6 is 0 Å². The van der Waals surface area contributed by atoms with Gasteiger partial charge in [0, 0.05) is 30.0 Å². The average Bonchev–Trinajstić information content (AvgIpc) is 2.77. The first-order valence-electron chi connectivity index (χ1n) is 10.1. The molecule has 1 atom stereocenters. The van der Waals surface area contributed by atoms with Crippen LogP contribution in [0, 0.1) is 5.82 Å². The van der Waals surface area contributed by atoms with Crippen molar-refractivity contribution in [3.8, 4) is 17.2 Å². The van der Waals surface area contributed by atoms with Crippen molar-refractivity contribution in [3.63, 3.8) is 0 Å². The number of benzene rings is 2. The number of ketones is 1. The van der Waals surface area contributed by atoms with Crippen molar-refractivity contribution < 1.29 is 28.2 Å². The van der Waals surface area contributed by atoms with E-state index in [-0.39, 0.29) is 18.1 Å². The number of anilines is 1. The van der Waals surface area contributed by atoms with Crippen LogP contribution in [-0.2, 0) is 9.59 Å². The third-order valence-corrected chi connectivity index (χ3v) is 5.83. The fourth-order valence-corrected chi connectivity index (χ4v) is 4.49. The van der Waals surface area contributed by atoms with E-state index in [0.29, 0.717) is 53.5 Å². The van der Waals surface area contributed by atoms with Crippen LogP contribution in [0.5, 0.6) is 17.2 Å². The topological polar surface area (TPSA) is 65.1 Å². The van der Waals surface area contributed by atoms with Crippen molar-refractivity contribution in [3.05, 3.63) is 59.0 Å². The van der Waals surface area contributed by atoms with Gasteiger partial charge in [0.1, 0.15) is 5.82 Å². The van der Waals surface area contributed by atoms with Gasteiger partial charge in [0.25, 0.3) is 0 Å². The number of ether oxygens (including phenoxy) is 3. The molecule has 4 rings (SSSR count). The summed E-state index contributed by atoms with van der Waals surface area (Å²) in [6.07, 6.45) is 1.73. The SMILES string of the molecule is COc1cc([C@@H]2CC(=O)N(c3cccc(F)c3)C3=C2C(=O)CCC3)cc(OC)c1OC. The van der Waals surface area contributed by atoms with Gasteiger partial charge in [-0.1, -0.05) is 6.07 Å². The normalized spacial score (nSPS) is 18.7. The summed E-state index contributed by atoms with van der Waals surface area (Å²) in [4.78, 5) is 27.8. The predicted molar refractivity (Wildman–Crippen MR) is 113 cm³/mol. The number of halogens is 1. The Balaban J connectivity index is 1.88. The van der Waals surface area contributed by atoms with E-state index in [2.05, 4.69) is 0 Å². The molecule has 6 nitrogen and oxygen atoms in total.